The van der Waals surface area contributed by atoms with E-state index in [1.807, 2.05) is 53.9 Å². The molecular weight excluding hydrogens is 402 g/mol. The van der Waals surface area contributed by atoms with Crippen LogP contribution in [0.2, 0.25) is 5.02 Å². The number of amides is 1. The van der Waals surface area contributed by atoms with Crippen molar-refractivity contribution in [3.63, 3.8) is 0 Å². The molecule has 1 amide bonds. The summed E-state index contributed by atoms with van der Waals surface area (Å²) in [6.07, 6.45) is 2.70. The number of rotatable bonds is 5. The van der Waals surface area contributed by atoms with Crippen LogP contribution in [0.5, 0.6) is 11.5 Å². The van der Waals surface area contributed by atoms with Crippen molar-refractivity contribution < 1.29 is 14.3 Å². The number of methoxy groups -OCH3 is 2. The lowest BCUT2D eigenvalue weighted by Gasteiger charge is -2.30. The van der Waals surface area contributed by atoms with E-state index in [1.54, 1.807) is 20.3 Å². The van der Waals surface area contributed by atoms with E-state index in [0.29, 0.717) is 35.2 Å². The Morgan fingerprint density at radius 3 is 2.33 bits per heavy atom. The third kappa shape index (κ3) is 3.75. The highest BCUT2D eigenvalue weighted by Gasteiger charge is 2.28. The molecule has 0 unspecified atom stereocenters. The normalized spacial score (nSPS) is 13.4. The maximum Gasteiger partial charge on any atom is 0.254 e. The molecule has 1 aromatic heterocycles. The maximum absolute atomic E-state index is 13.3. The summed E-state index contributed by atoms with van der Waals surface area (Å²) < 4.78 is 12.7. The molecule has 0 saturated heterocycles. The average Bonchev–Trinajstić information content (AvgIpc) is 3.07. The summed E-state index contributed by atoms with van der Waals surface area (Å²) in [5, 5.41) is 0.530. The van der Waals surface area contributed by atoms with Crippen LogP contribution < -0.4 is 9.47 Å². The Hall–Kier alpha value is -2.99. The van der Waals surface area contributed by atoms with E-state index in [4.69, 9.17) is 21.1 Å². The Labute approximate surface area is 181 Å². The van der Waals surface area contributed by atoms with Crippen molar-refractivity contribution in [2.45, 2.75) is 19.9 Å². The number of fused-ring (bicyclic) bond motifs is 1. The molecule has 0 saturated carbocycles. The minimum Gasteiger partial charge on any atom is -0.497 e. The fraction of sp³-hybridized carbons (Fsp3) is 0.304. The van der Waals surface area contributed by atoms with Gasteiger partial charge in [-0.3, -0.25) is 4.79 Å². The number of aryl methyl sites for hydroxylation is 2. The van der Waals surface area contributed by atoms with Crippen LogP contribution in [-0.2, 0) is 20.0 Å². The number of carbonyl (C=O) groups excluding carboxylic acids is 1. The molecule has 0 aliphatic carbocycles. The Morgan fingerprint density at radius 1 is 1.07 bits per heavy atom. The fourth-order valence-electron chi connectivity index (χ4n) is 4.01. The molecule has 1 aliphatic rings. The number of aromatic nitrogens is 2. The van der Waals surface area contributed by atoms with E-state index < -0.39 is 0 Å². The number of ether oxygens (including phenoxy) is 2. The number of halogens is 1. The van der Waals surface area contributed by atoms with Crippen LogP contribution in [0, 0.1) is 6.92 Å². The van der Waals surface area contributed by atoms with Crippen molar-refractivity contribution in [1.82, 2.24) is 14.5 Å². The summed E-state index contributed by atoms with van der Waals surface area (Å²) in [7, 11) is 5.18. The molecule has 156 valence electrons. The van der Waals surface area contributed by atoms with Crippen LogP contribution >= 0.6 is 11.6 Å². The molecule has 0 atom stereocenters. The number of carbonyl (C=O) groups is 1. The predicted octanol–water partition coefficient (Wildman–Crippen LogP) is 4.26. The number of hydrogen-bond acceptors (Lipinski definition) is 4. The van der Waals surface area contributed by atoms with Gasteiger partial charge in [0.15, 0.2) is 0 Å². The van der Waals surface area contributed by atoms with E-state index >= 15 is 0 Å². The van der Waals surface area contributed by atoms with Gasteiger partial charge in [0.25, 0.3) is 5.91 Å². The Balaban J connectivity index is 1.69. The quantitative estimate of drug-likeness (QED) is 0.612. The van der Waals surface area contributed by atoms with Gasteiger partial charge in [-0.15, -0.1) is 0 Å². The molecule has 0 N–H and O–H groups in total. The van der Waals surface area contributed by atoms with Crippen molar-refractivity contribution in [3.8, 4) is 22.9 Å². The van der Waals surface area contributed by atoms with Crippen molar-refractivity contribution in [3.05, 3.63) is 63.9 Å². The molecule has 7 heteroatoms. The summed E-state index contributed by atoms with van der Waals surface area (Å²) in [6.45, 7) is 3.04. The lowest BCUT2D eigenvalue weighted by atomic mass is 9.93. The zero-order valence-electron chi connectivity index (χ0n) is 17.5. The Morgan fingerprint density at radius 2 is 1.73 bits per heavy atom. The van der Waals surface area contributed by atoms with Crippen LogP contribution in [0.4, 0.5) is 0 Å². The summed E-state index contributed by atoms with van der Waals surface area (Å²) in [5.74, 6) is 2.19. The molecule has 0 spiro atoms. The molecule has 0 fully saturated rings. The Bertz CT molecular complexity index is 1100. The van der Waals surface area contributed by atoms with Gasteiger partial charge in [0.05, 0.1) is 19.9 Å². The average molecular weight is 426 g/mol. The smallest absolute Gasteiger partial charge is 0.254 e. The first-order chi connectivity index (χ1) is 14.4. The highest BCUT2D eigenvalue weighted by Crippen LogP contribution is 2.34. The monoisotopic (exact) mass is 425 g/mol. The topological polar surface area (TPSA) is 56.6 Å². The first kappa shape index (κ1) is 20.3. The molecule has 6 nitrogen and oxygen atoms in total. The Kier molecular flexibility index (Phi) is 5.43. The van der Waals surface area contributed by atoms with Gasteiger partial charge in [0.1, 0.15) is 17.3 Å². The van der Waals surface area contributed by atoms with Crippen molar-refractivity contribution in [2.24, 2.45) is 7.05 Å². The molecule has 1 aliphatic heterocycles. The summed E-state index contributed by atoms with van der Waals surface area (Å²) in [6, 6.07) is 9.32. The van der Waals surface area contributed by atoms with E-state index in [2.05, 4.69) is 4.98 Å². The first-order valence-electron chi connectivity index (χ1n) is 9.73. The molecule has 0 bridgehead atoms. The van der Waals surface area contributed by atoms with Crippen molar-refractivity contribution in [1.29, 1.82) is 0 Å². The highest BCUT2D eigenvalue weighted by atomic mass is 35.5. The standard InChI is InChI=1S/C23H24ClN3O3/c1-14-12-26(2)22(25-14)20-9-16(24)10-21-19(20)5-6-27(23(21)28)13-15-7-17(29-3)11-18(8-15)30-4/h7-12H,5-6,13H2,1-4H3. The number of nitrogens with zero attached hydrogens (tertiary/aromatic N) is 3. The molecule has 0 radical (unpaired) electrons. The van der Waals surface area contributed by atoms with Crippen LogP contribution in [-0.4, -0.2) is 41.1 Å². The molecule has 3 aromatic rings. The zero-order chi connectivity index (χ0) is 21.4. The summed E-state index contributed by atoms with van der Waals surface area (Å²) in [4.78, 5) is 19.8. The van der Waals surface area contributed by atoms with Gasteiger partial charge in [-0.1, -0.05) is 11.6 Å². The summed E-state index contributed by atoms with van der Waals surface area (Å²) >= 11 is 6.40. The van der Waals surface area contributed by atoms with E-state index in [1.165, 1.54) is 0 Å². The van der Waals surface area contributed by atoms with Crippen molar-refractivity contribution in [2.75, 3.05) is 20.8 Å². The van der Waals surface area contributed by atoms with Crippen molar-refractivity contribution >= 4 is 17.5 Å². The van der Waals surface area contributed by atoms with Gasteiger partial charge in [0.2, 0.25) is 0 Å². The van der Waals surface area contributed by atoms with Gasteiger partial charge in [-0.25, -0.2) is 4.98 Å². The minimum absolute atomic E-state index is 0.0345. The van der Waals surface area contributed by atoms with E-state index in [0.717, 1.165) is 34.6 Å². The number of imidazole rings is 1. The van der Waals surface area contributed by atoms with Crippen LogP contribution in [0.25, 0.3) is 11.4 Å². The largest absolute Gasteiger partial charge is 0.497 e. The van der Waals surface area contributed by atoms with Gasteiger partial charge in [0, 0.05) is 48.5 Å². The van der Waals surface area contributed by atoms with Crippen LogP contribution in [0.3, 0.4) is 0 Å². The van der Waals surface area contributed by atoms with Gasteiger partial charge >= 0.3 is 0 Å². The van der Waals surface area contributed by atoms with E-state index in [-0.39, 0.29) is 5.91 Å². The van der Waals surface area contributed by atoms with Crippen LogP contribution in [0.1, 0.15) is 27.2 Å². The second-order valence-corrected chi connectivity index (χ2v) is 7.93. The van der Waals surface area contributed by atoms with Gasteiger partial charge in [-0.05, 0) is 48.7 Å². The number of benzene rings is 2. The fourth-order valence-corrected chi connectivity index (χ4v) is 4.23. The number of hydrogen-bond donors (Lipinski definition) is 0. The highest BCUT2D eigenvalue weighted by molar-refractivity contribution is 6.31. The molecule has 4 rings (SSSR count). The summed E-state index contributed by atoms with van der Waals surface area (Å²) in [5.41, 5.74) is 4.43. The molecule has 30 heavy (non-hydrogen) atoms. The molecular formula is C23H24ClN3O3. The lowest BCUT2D eigenvalue weighted by molar-refractivity contribution is 0.0727. The lowest BCUT2D eigenvalue weighted by Crippen LogP contribution is -2.37. The second kappa shape index (κ2) is 8.03. The minimum atomic E-state index is -0.0345. The molecule has 2 aromatic carbocycles. The zero-order valence-corrected chi connectivity index (χ0v) is 18.3. The second-order valence-electron chi connectivity index (χ2n) is 7.49. The van der Waals surface area contributed by atoms with E-state index in [9.17, 15) is 4.79 Å². The maximum atomic E-state index is 13.3. The SMILES string of the molecule is COc1cc(CN2CCc3c(cc(Cl)cc3-c3nc(C)cn3C)C2=O)cc(OC)c1. The van der Waals surface area contributed by atoms with Gasteiger partial charge in [-0.2, -0.15) is 0 Å². The third-order valence-electron chi connectivity index (χ3n) is 5.39. The predicted molar refractivity (Wildman–Crippen MR) is 116 cm³/mol. The third-order valence-corrected chi connectivity index (χ3v) is 5.60. The molecule has 2 heterocycles. The first-order valence-corrected chi connectivity index (χ1v) is 10.1. The van der Waals surface area contributed by atoms with Crippen LogP contribution in [0.15, 0.2) is 36.5 Å². The van der Waals surface area contributed by atoms with Gasteiger partial charge < -0.3 is 18.9 Å².